The van der Waals surface area contributed by atoms with Crippen LogP contribution in [0.3, 0.4) is 0 Å². The Bertz CT molecular complexity index is 408. The Labute approximate surface area is 108 Å². The minimum atomic E-state index is -0.422. The number of rotatable bonds is 5. The lowest BCUT2D eigenvalue weighted by Crippen LogP contribution is -2.29. The second-order valence-corrected chi connectivity index (χ2v) is 6.33. The van der Waals surface area contributed by atoms with E-state index in [9.17, 15) is 4.79 Å². The maximum absolute atomic E-state index is 11.7. The van der Waals surface area contributed by atoms with Gasteiger partial charge in [0.2, 0.25) is 5.24 Å². The van der Waals surface area contributed by atoms with Crippen molar-refractivity contribution in [2.75, 3.05) is 0 Å². The average Bonchev–Trinajstić information content (AvgIpc) is 2.96. The molecule has 2 rings (SSSR count). The standard InChI is InChI=1S/C15H19ClO/c1-14(8-9-14)11-15(2,13(16)17)10-12-6-4-3-5-7-12/h3-7H,8-11H2,1-2H3/t15-/m1/s1. The molecular formula is C15H19ClO. The summed E-state index contributed by atoms with van der Waals surface area (Å²) in [6.07, 6.45) is 4.09. The van der Waals surface area contributed by atoms with Crippen LogP contribution >= 0.6 is 11.6 Å². The van der Waals surface area contributed by atoms with Crippen LogP contribution in [0.25, 0.3) is 0 Å². The lowest BCUT2D eigenvalue weighted by Gasteiger charge is -2.28. The van der Waals surface area contributed by atoms with Gasteiger partial charge in [-0.05, 0) is 48.3 Å². The molecule has 1 atom stereocenters. The van der Waals surface area contributed by atoms with Crippen molar-refractivity contribution in [2.24, 2.45) is 10.8 Å². The van der Waals surface area contributed by atoms with Crippen LogP contribution in [0.4, 0.5) is 0 Å². The van der Waals surface area contributed by atoms with Gasteiger partial charge in [-0.2, -0.15) is 0 Å². The summed E-state index contributed by atoms with van der Waals surface area (Å²) in [6, 6.07) is 10.1. The van der Waals surface area contributed by atoms with Crippen molar-refractivity contribution in [3.63, 3.8) is 0 Å². The van der Waals surface area contributed by atoms with E-state index in [0.717, 1.165) is 12.8 Å². The Morgan fingerprint density at radius 1 is 1.35 bits per heavy atom. The molecule has 0 aliphatic heterocycles. The molecule has 0 unspecified atom stereocenters. The van der Waals surface area contributed by atoms with Gasteiger partial charge in [0.05, 0.1) is 0 Å². The zero-order chi connectivity index (χ0) is 12.5. The summed E-state index contributed by atoms with van der Waals surface area (Å²) in [5, 5.41) is -0.200. The second-order valence-electron chi connectivity index (χ2n) is 5.98. The smallest absolute Gasteiger partial charge is 0.227 e. The largest absolute Gasteiger partial charge is 0.281 e. The van der Waals surface area contributed by atoms with Crippen molar-refractivity contribution in [3.8, 4) is 0 Å². The summed E-state index contributed by atoms with van der Waals surface area (Å²) in [6.45, 7) is 4.25. The van der Waals surface area contributed by atoms with Gasteiger partial charge in [-0.1, -0.05) is 44.2 Å². The summed E-state index contributed by atoms with van der Waals surface area (Å²) in [5.74, 6) is 0. The monoisotopic (exact) mass is 250 g/mol. The fraction of sp³-hybridized carbons (Fsp3) is 0.533. The molecule has 0 heterocycles. The molecule has 0 aromatic heterocycles. The van der Waals surface area contributed by atoms with Crippen LogP contribution in [0.2, 0.25) is 0 Å². The molecule has 0 bridgehead atoms. The number of halogens is 1. The molecule has 1 fully saturated rings. The molecule has 92 valence electrons. The van der Waals surface area contributed by atoms with Crippen molar-refractivity contribution < 1.29 is 4.79 Å². The molecule has 1 aromatic carbocycles. The molecule has 1 aliphatic carbocycles. The summed E-state index contributed by atoms with van der Waals surface area (Å²) >= 11 is 5.83. The van der Waals surface area contributed by atoms with Crippen molar-refractivity contribution in [1.29, 1.82) is 0 Å². The lowest BCUT2D eigenvalue weighted by molar-refractivity contribution is -0.120. The summed E-state index contributed by atoms with van der Waals surface area (Å²) in [4.78, 5) is 11.7. The third-order valence-electron chi connectivity index (χ3n) is 3.83. The molecule has 0 amide bonds. The Hall–Kier alpha value is -0.820. The highest BCUT2D eigenvalue weighted by Gasteiger charge is 2.46. The van der Waals surface area contributed by atoms with E-state index in [1.807, 2.05) is 25.1 Å². The quantitative estimate of drug-likeness (QED) is 0.716. The Balaban J connectivity index is 2.14. The Morgan fingerprint density at radius 2 is 1.94 bits per heavy atom. The Kier molecular flexibility index (Phi) is 3.31. The normalized spacial score (nSPS) is 20.6. The molecule has 0 spiro atoms. The molecule has 0 N–H and O–H groups in total. The third kappa shape index (κ3) is 3.10. The second kappa shape index (κ2) is 4.45. The van der Waals surface area contributed by atoms with E-state index in [0.29, 0.717) is 5.41 Å². The molecule has 1 nitrogen and oxygen atoms in total. The Morgan fingerprint density at radius 3 is 2.41 bits per heavy atom. The van der Waals surface area contributed by atoms with E-state index < -0.39 is 5.41 Å². The fourth-order valence-electron chi connectivity index (χ4n) is 2.58. The number of hydrogen-bond donors (Lipinski definition) is 0. The van der Waals surface area contributed by atoms with Gasteiger partial charge >= 0.3 is 0 Å². The first-order chi connectivity index (χ1) is 7.94. The van der Waals surface area contributed by atoms with Gasteiger partial charge in [0.15, 0.2) is 0 Å². The molecule has 0 saturated heterocycles. The van der Waals surface area contributed by atoms with E-state index in [2.05, 4.69) is 19.1 Å². The number of carbonyl (C=O) groups excluding carboxylic acids is 1. The van der Waals surface area contributed by atoms with E-state index in [-0.39, 0.29) is 5.24 Å². The zero-order valence-electron chi connectivity index (χ0n) is 10.5. The average molecular weight is 251 g/mol. The van der Waals surface area contributed by atoms with Gasteiger partial charge in [0, 0.05) is 5.41 Å². The summed E-state index contributed by atoms with van der Waals surface area (Å²) in [5.41, 5.74) is 1.11. The first kappa shape index (κ1) is 12.6. The van der Waals surface area contributed by atoms with Gasteiger partial charge in [-0.15, -0.1) is 0 Å². The SMILES string of the molecule is CC1(C[C@@](C)(Cc2ccccc2)C(=O)Cl)CC1. The molecule has 1 aromatic rings. The molecular weight excluding hydrogens is 232 g/mol. The first-order valence-corrected chi connectivity index (χ1v) is 6.55. The lowest BCUT2D eigenvalue weighted by atomic mass is 9.76. The summed E-state index contributed by atoms with van der Waals surface area (Å²) in [7, 11) is 0. The van der Waals surface area contributed by atoms with E-state index in [1.54, 1.807) is 0 Å². The van der Waals surface area contributed by atoms with Crippen LogP contribution in [0.15, 0.2) is 30.3 Å². The highest BCUT2D eigenvalue weighted by molar-refractivity contribution is 6.64. The topological polar surface area (TPSA) is 17.1 Å². The van der Waals surface area contributed by atoms with Crippen molar-refractivity contribution in [3.05, 3.63) is 35.9 Å². The van der Waals surface area contributed by atoms with Crippen LogP contribution in [0, 0.1) is 10.8 Å². The predicted octanol–water partition coefficient (Wildman–Crippen LogP) is 4.19. The van der Waals surface area contributed by atoms with Gasteiger partial charge in [0.1, 0.15) is 0 Å². The van der Waals surface area contributed by atoms with E-state index >= 15 is 0 Å². The minimum Gasteiger partial charge on any atom is -0.281 e. The van der Waals surface area contributed by atoms with Gasteiger partial charge in [0.25, 0.3) is 0 Å². The highest BCUT2D eigenvalue weighted by atomic mass is 35.5. The minimum absolute atomic E-state index is 0.200. The zero-order valence-corrected chi connectivity index (χ0v) is 11.3. The number of hydrogen-bond acceptors (Lipinski definition) is 1. The first-order valence-electron chi connectivity index (χ1n) is 6.18. The van der Waals surface area contributed by atoms with Crippen molar-refractivity contribution >= 4 is 16.8 Å². The number of benzene rings is 1. The molecule has 0 radical (unpaired) electrons. The van der Waals surface area contributed by atoms with Crippen molar-refractivity contribution in [1.82, 2.24) is 0 Å². The van der Waals surface area contributed by atoms with Crippen LogP contribution in [0.5, 0.6) is 0 Å². The third-order valence-corrected chi connectivity index (χ3v) is 4.29. The maximum Gasteiger partial charge on any atom is 0.227 e. The van der Waals surface area contributed by atoms with Crippen LogP contribution in [-0.2, 0) is 11.2 Å². The van der Waals surface area contributed by atoms with Crippen LogP contribution in [0.1, 0.15) is 38.7 Å². The fourth-order valence-corrected chi connectivity index (χ4v) is 2.71. The van der Waals surface area contributed by atoms with Gasteiger partial charge < -0.3 is 0 Å². The van der Waals surface area contributed by atoms with Crippen LogP contribution in [-0.4, -0.2) is 5.24 Å². The predicted molar refractivity (Wildman–Crippen MR) is 71.1 cm³/mol. The van der Waals surface area contributed by atoms with Gasteiger partial charge in [-0.25, -0.2) is 0 Å². The molecule has 1 saturated carbocycles. The van der Waals surface area contributed by atoms with Crippen molar-refractivity contribution in [2.45, 2.75) is 39.5 Å². The maximum atomic E-state index is 11.7. The highest BCUT2D eigenvalue weighted by Crippen LogP contribution is 2.54. The van der Waals surface area contributed by atoms with Gasteiger partial charge in [-0.3, -0.25) is 4.79 Å². The molecule has 1 aliphatic rings. The van der Waals surface area contributed by atoms with Crippen LogP contribution < -0.4 is 0 Å². The van der Waals surface area contributed by atoms with E-state index in [4.69, 9.17) is 11.6 Å². The van der Waals surface area contributed by atoms with E-state index in [1.165, 1.54) is 18.4 Å². The number of carbonyl (C=O) groups is 1. The summed E-state index contributed by atoms with van der Waals surface area (Å²) < 4.78 is 0. The molecule has 17 heavy (non-hydrogen) atoms. The molecule has 2 heteroatoms.